The third-order valence-electron chi connectivity index (χ3n) is 5.49. The molecule has 0 aromatic heterocycles. The van der Waals surface area contributed by atoms with Crippen molar-refractivity contribution in [3.8, 4) is 17.2 Å². The van der Waals surface area contributed by atoms with Crippen molar-refractivity contribution < 1.29 is 19.0 Å². The number of aliphatic imine (C=N–C) groups is 1. The van der Waals surface area contributed by atoms with Gasteiger partial charge in [-0.15, -0.1) is 0 Å². The smallest absolute Gasteiger partial charge is 0.239 e. The van der Waals surface area contributed by atoms with E-state index in [1.807, 2.05) is 33.2 Å². The van der Waals surface area contributed by atoms with Crippen molar-refractivity contribution in [3.63, 3.8) is 0 Å². The largest absolute Gasteiger partial charge is 0.493 e. The highest BCUT2D eigenvalue weighted by molar-refractivity contribution is 5.81. The first-order valence-corrected chi connectivity index (χ1v) is 11.2. The van der Waals surface area contributed by atoms with E-state index in [4.69, 9.17) is 19.2 Å². The summed E-state index contributed by atoms with van der Waals surface area (Å²) >= 11 is 0. The van der Waals surface area contributed by atoms with Gasteiger partial charge in [-0.1, -0.05) is 0 Å². The van der Waals surface area contributed by atoms with E-state index in [0.29, 0.717) is 23.8 Å². The zero-order valence-electron chi connectivity index (χ0n) is 20.4. The normalized spacial score (nSPS) is 16.6. The first-order chi connectivity index (χ1) is 15.4. The highest BCUT2D eigenvalue weighted by atomic mass is 16.5. The molecule has 0 radical (unpaired) electrons. The van der Waals surface area contributed by atoms with Crippen LogP contribution in [-0.4, -0.2) is 89.3 Å². The lowest BCUT2D eigenvalue weighted by atomic mass is 10.2. The molecule has 1 saturated heterocycles. The van der Waals surface area contributed by atoms with Gasteiger partial charge in [-0.3, -0.25) is 9.69 Å². The van der Waals surface area contributed by atoms with Gasteiger partial charge in [0.25, 0.3) is 0 Å². The minimum atomic E-state index is 0.0203. The van der Waals surface area contributed by atoms with Crippen LogP contribution in [0.5, 0.6) is 17.2 Å². The minimum absolute atomic E-state index is 0.0203. The van der Waals surface area contributed by atoms with Gasteiger partial charge in [0.15, 0.2) is 17.5 Å². The van der Waals surface area contributed by atoms with Crippen LogP contribution >= 0.6 is 0 Å². The van der Waals surface area contributed by atoms with E-state index in [-0.39, 0.29) is 11.9 Å². The van der Waals surface area contributed by atoms with Gasteiger partial charge in [0, 0.05) is 33.7 Å². The average molecular weight is 450 g/mol. The number of likely N-dealkylation sites (tertiary alicyclic amines) is 1. The molecule has 0 spiro atoms. The molecule has 180 valence electrons. The van der Waals surface area contributed by atoms with Gasteiger partial charge in [-0.25, -0.2) is 4.99 Å². The second-order valence-corrected chi connectivity index (χ2v) is 7.94. The summed E-state index contributed by atoms with van der Waals surface area (Å²) < 4.78 is 16.2. The van der Waals surface area contributed by atoms with Gasteiger partial charge in [0.2, 0.25) is 11.7 Å². The van der Waals surface area contributed by atoms with E-state index < -0.39 is 0 Å². The maximum atomic E-state index is 12.3. The Labute approximate surface area is 192 Å². The molecule has 1 aromatic rings. The fraction of sp³-hybridized carbons (Fsp3) is 0.652. The molecular weight excluding hydrogens is 410 g/mol. The number of benzene rings is 1. The minimum Gasteiger partial charge on any atom is -0.493 e. The highest BCUT2D eigenvalue weighted by Gasteiger charge is 2.30. The van der Waals surface area contributed by atoms with Crippen molar-refractivity contribution in [1.29, 1.82) is 0 Å². The summed E-state index contributed by atoms with van der Waals surface area (Å²) in [7, 11) is 8.45. The summed E-state index contributed by atoms with van der Waals surface area (Å²) in [6, 6.07) is 3.83. The number of nitrogens with one attached hydrogen (secondary N) is 2. The van der Waals surface area contributed by atoms with Gasteiger partial charge in [-0.05, 0) is 50.4 Å². The fourth-order valence-corrected chi connectivity index (χ4v) is 3.90. The SMILES string of the molecule is CCNC(=NCc1cc(OC)c(OC)c(OC)c1)NCCCN1CCCC1C(=O)N(C)C. The van der Waals surface area contributed by atoms with Crippen LogP contribution < -0.4 is 24.8 Å². The summed E-state index contributed by atoms with van der Waals surface area (Å²) in [5, 5.41) is 6.67. The number of rotatable bonds is 11. The predicted octanol–water partition coefficient (Wildman–Crippen LogP) is 1.71. The number of carbonyl (C=O) groups is 1. The van der Waals surface area contributed by atoms with E-state index in [1.54, 1.807) is 26.2 Å². The predicted molar refractivity (Wildman–Crippen MR) is 127 cm³/mol. The number of amides is 1. The van der Waals surface area contributed by atoms with Crippen LogP contribution in [0.15, 0.2) is 17.1 Å². The molecule has 1 heterocycles. The zero-order valence-corrected chi connectivity index (χ0v) is 20.4. The average Bonchev–Trinajstić information content (AvgIpc) is 3.26. The second-order valence-electron chi connectivity index (χ2n) is 7.94. The maximum Gasteiger partial charge on any atom is 0.239 e. The van der Waals surface area contributed by atoms with Gasteiger partial charge in [0.05, 0.1) is 33.9 Å². The number of hydrogen-bond donors (Lipinski definition) is 2. The van der Waals surface area contributed by atoms with Crippen LogP contribution in [0.1, 0.15) is 31.7 Å². The molecule has 1 unspecified atom stereocenters. The van der Waals surface area contributed by atoms with Crippen LogP contribution in [0.4, 0.5) is 0 Å². The Kier molecular flexibility index (Phi) is 10.4. The summed E-state index contributed by atoms with van der Waals surface area (Å²) in [4.78, 5) is 21.0. The van der Waals surface area contributed by atoms with Crippen molar-refractivity contribution in [3.05, 3.63) is 17.7 Å². The molecule has 9 nitrogen and oxygen atoms in total. The summed E-state index contributed by atoms with van der Waals surface area (Å²) in [5.41, 5.74) is 0.957. The van der Waals surface area contributed by atoms with E-state index in [9.17, 15) is 4.79 Å². The molecule has 1 aliphatic rings. The molecule has 0 saturated carbocycles. The molecule has 1 aromatic carbocycles. The molecule has 0 aliphatic carbocycles. The molecule has 0 bridgehead atoms. The number of likely N-dealkylation sites (N-methyl/N-ethyl adjacent to an activating group) is 1. The number of guanidine groups is 1. The van der Waals surface area contributed by atoms with Gasteiger partial charge >= 0.3 is 0 Å². The Hall–Kier alpha value is -2.68. The number of nitrogens with zero attached hydrogens (tertiary/aromatic N) is 3. The number of carbonyl (C=O) groups excluding carboxylic acids is 1. The molecule has 2 N–H and O–H groups in total. The van der Waals surface area contributed by atoms with Gasteiger partial charge in [0.1, 0.15) is 0 Å². The molecular formula is C23H39N5O4. The molecule has 9 heteroatoms. The van der Waals surface area contributed by atoms with Gasteiger partial charge < -0.3 is 29.7 Å². The lowest BCUT2D eigenvalue weighted by Crippen LogP contribution is -2.44. The van der Waals surface area contributed by atoms with Crippen LogP contribution in [0.3, 0.4) is 0 Å². The lowest BCUT2D eigenvalue weighted by molar-refractivity contribution is -0.133. The van der Waals surface area contributed by atoms with Crippen LogP contribution in [-0.2, 0) is 11.3 Å². The number of methoxy groups -OCH3 is 3. The quantitative estimate of drug-likeness (QED) is 0.302. The number of ether oxygens (including phenoxy) is 3. The van der Waals surface area contributed by atoms with E-state index in [2.05, 4.69) is 15.5 Å². The van der Waals surface area contributed by atoms with Crippen molar-refractivity contribution in [1.82, 2.24) is 20.4 Å². The maximum absolute atomic E-state index is 12.3. The standard InChI is InChI=1S/C23H39N5O4/c1-7-24-23(25-11-9-13-28-12-8-10-18(28)22(29)27(2)3)26-16-17-14-19(30-4)21(32-6)20(15-17)31-5/h14-15,18H,7-13,16H2,1-6H3,(H2,24,25,26). The Morgan fingerprint density at radius 3 is 2.41 bits per heavy atom. The molecule has 2 rings (SSSR count). The fourth-order valence-electron chi connectivity index (χ4n) is 3.90. The Balaban J connectivity index is 1.93. The van der Waals surface area contributed by atoms with Crippen molar-refractivity contribution in [2.75, 3.05) is 61.6 Å². The van der Waals surface area contributed by atoms with Crippen LogP contribution in [0.25, 0.3) is 0 Å². The van der Waals surface area contributed by atoms with E-state index in [1.165, 1.54) is 0 Å². The third-order valence-corrected chi connectivity index (χ3v) is 5.49. The Bertz CT molecular complexity index is 744. The Morgan fingerprint density at radius 1 is 1.16 bits per heavy atom. The van der Waals surface area contributed by atoms with E-state index >= 15 is 0 Å². The number of hydrogen-bond acceptors (Lipinski definition) is 6. The topological polar surface area (TPSA) is 87.7 Å². The first kappa shape index (κ1) is 25.6. The zero-order chi connectivity index (χ0) is 23.5. The molecule has 1 fully saturated rings. The molecule has 32 heavy (non-hydrogen) atoms. The van der Waals surface area contributed by atoms with Crippen molar-refractivity contribution in [2.24, 2.45) is 4.99 Å². The Morgan fingerprint density at radius 2 is 1.84 bits per heavy atom. The summed E-state index contributed by atoms with van der Waals surface area (Å²) in [6.45, 7) is 5.94. The highest BCUT2D eigenvalue weighted by Crippen LogP contribution is 2.38. The van der Waals surface area contributed by atoms with Gasteiger partial charge in [-0.2, -0.15) is 0 Å². The molecule has 1 aliphatic heterocycles. The lowest BCUT2D eigenvalue weighted by Gasteiger charge is -2.26. The first-order valence-electron chi connectivity index (χ1n) is 11.2. The molecule has 1 atom stereocenters. The van der Waals surface area contributed by atoms with E-state index in [0.717, 1.165) is 57.0 Å². The summed E-state index contributed by atoms with van der Waals surface area (Å²) in [5.74, 6) is 2.75. The van der Waals surface area contributed by atoms with Crippen molar-refractivity contribution in [2.45, 2.75) is 38.8 Å². The third kappa shape index (κ3) is 6.91. The van der Waals surface area contributed by atoms with Crippen LogP contribution in [0, 0.1) is 0 Å². The molecule has 1 amide bonds. The summed E-state index contributed by atoms with van der Waals surface area (Å²) in [6.07, 6.45) is 2.96. The van der Waals surface area contributed by atoms with Crippen molar-refractivity contribution >= 4 is 11.9 Å². The van der Waals surface area contributed by atoms with Crippen LogP contribution in [0.2, 0.25) is 0 Å². The monoisotopic (exact) mass is 449 g/mol. The second kappa shape index (κ2) is 13.0.